The van der Waals surface area contributed by atoms with E-state index in [1.807, 2.05) is 17.0 Å². The highest BCUT2D eigenvalue weighted by molar-refractivity contribution is 7.90. The van der Waals surface area contributed by atoms with Gasteiger partial charge in [-0.2, -0.15) is 0 Å². The molecule has 2 fully saturated rings. The molecule has 2 aliphatic rings. The van der Waals surface area contributed by atoms with Gasteiger partial charge in [0.25, 0.3) is 0 Å². The summed E-state index contributed by atoms with van der Waals surface area (Å²) in [5, 5.41) is 0. The van der Waals surface area contributed by atoms with Crippen molar-refractivity contribution in [2.45, 2.75) is 45.1 Å². The van der Waals surface area contributed by atoms with Gasteiger partial charge in [0.1, 0.15) is 9.84 Å². The van der Waals surface area contributed by atoms with Crippen LogP contribution in [0.25, 0.3) is 0 Å². The zero-order valence-corrected chi connectivity index (χ0v) is 14.7. The Balaban J connectivity index is 1.73. The van der Waals surface area contributed by atoms with Crippen LogP contribution in [0.1, 0.15) is 49.3 Å². The van der Waals surface area contributed by atoms with Crippen molar-refractivity contribution >= 4 is 15.7 Å². The molecule has 1 aromatic carbocycles. The first-order chi connectivity index (χ1) is 10.8. The Bertz CT molecular complexity index is 707. The number of carbonyl (C=O) groups excluding carboxylic acids is 1. The minimum atomic E-state index is -3.03. The molecule has 23 heavy (non-hydrogen) atoms. The molecule has 0 bridgehead atoms. The molecule has 0 unspecified atom stereocenters. The zero-order valence-electron chi connectivity index (χ0n) is 13.9. The molecular formula is C18H25NO3S. The number of aryl methyl sites for hydroxylation is 1. The van der Waals surface area contributed by atoms with Gasteiger partial charge in [-0.25, -0.2) is 8.42 Å². The molecule has 1 heterocycles. The topological polar surface area (TPSA) is 54.5 Å². The maximum Gasteiger partial charge on any atom is 0.223 e. The Morgan fingerprint density at radius 1 is 1.30 bits per heavy atom. The van der Waals surface area contributed by atoms with Crippen LogP contribution in [-0.4, -0.2) is 37.8 Å². The number of carbonyl (C=O) groups is 1. The highest BCUT2D eigenvalue weighted by Crippen LogP contribution is 2.50. The summed E-state index contributed by atoms with van der Waals surface area (Å²) in [6.07, 6.45) is 5.37. The van der Waals surface area contributed by atoms with Crippen LogP contribution in [0.2, 0.25) is 0 Å². The minimum Gasteiger partial charge on any atom is -0.336 e. The van der Waals surface area contributed by atoms with Crippen molar-refractivity contribution in [3.8, 4) is 0 Å². The second-order valence-electron chi connectivity index (χ2n) is 7.35. The van der Waals surface area contributed by atoms with Gasteiger partial charge in [-0.3, -0.25) is 4.79 Å². The molecule has 5 heteroatoms. The Morgan fingerprint density at radius 3 is 2.61 bits per heavy atom. The number of amides is 1. The molecule has 1 aliphatic heterocycles. The molecule has 0 radical (unpaired) electrons. The SMILES string of the molecule is Cc1ccccc1[C@@H]1CCCN1C(=O)CC1(CS(C)(=O)=O)CC1. The fraction of sp³-hybridized carbons (Fsp3) is 0.611. The van der Waals surface area contributed by atoms with Gasteiger partial charge in [0.05, 0.1) is 11.8 Å². The molecule has 0 N–H and O–H groups in total. The summed E-state index contributed by atoms with van der Waals surface area (Å²) in [5.41, 5.74) is 2.16. The Morgan fingerprint density at radius 2 is 2.00 bits per heavy atom. The predicted molar refractivity (Wildman–Crippen MR) is 90.9 cm³/mol. The fourth-order valence-electron chi connectivity index (χ4n) is 3.88. The van der Waals surface area contributed by atoms with E-state index in [0.29, 0.717) is 6.42 Å². The first-order valence-corrected chi connectivity index (χ1v) is 10.4. The van der Waals surface area contributed by atoms with Crippen molar-refractivity contribution in [1.82, 2.24) is 4.90 Å². The van der Waals surface area contributed by atoms with Gasteiger partial charge in [0.15, 0.2) is 0 Å². The van der Waals surface area contributed by atoms with E-state index < -0.39 is 9.84 Å². The highest BCUT2D eigenvalue weighted by atomic mass is 32.2. The molecule has 1 aromatic rings. The van der Waals surface area contributed by atoms with E-state index in [2.05, 4.69) is 19.1 Å². The van der Waals surface area contributed by atoms with E-state index >= 15 is 0 Å². The summed E-state index contributed by atoms with van der Waals surface area (Å²) in [4.78, 5) is 14.8. The molecule has 1 aliphatic carbocycles. The summed E-state index contributed by atoms with van der Waals surface area (Å²) in [6.45, 7) is 2.87. The highest BCUT2D eigenvalue weighted by Gasteiger charge is 2.48. The second-order valence-corrected chi connectivity index (χ2v) is 9.49. The molecule has 3 rings (SSSR count). The van der Waals surface area contributed by atoms with Crippen LogP contribution in [0.4, 0.5) is 0 Å². The Kier molecular flexibility index (Phi) is 4.25. The van der Waals surface area contributed by atoms with Crippen molar-refractivity contribution < 1.29 is 13.2 Å². The molecule has 1 atom stereocenters. The molecular weight excluding hydrogens is 310 g/mol. The lowest BCUT2D eigenvalue weighted by Gasteiger charge is -2.28. The largest absolute Gasteiger partial charge is 0.336 e. The third-order valence-corrected chi connectivity index (χ3v) is 6.31. The molecule has 0 aromatic heterocycles. The monoisotopic (exact) mass is 335 g/mol. The Hall–Kier alpha value is -1.36. The second kappa shape index (κ2) is 5.93. The van der Waals surface area contributed by atoms with Crippen molar-refractivity contribution in [3.05, 3.63) is 35.4 Å². The number of hydrogen-bond acceptors (Lipinski definition) is 3. The van der Waals surface area contributed by atoms with Gasteiger partial charge in [0.2, 0.25) is 5.91 Å². The third kappa shape index (κ3) is 3.77. The average Bonchev–Trinajstić information content (AvgIpc) is 3.01. The number of rotatable bonds is 5. The number of sulfone groups is 1. The summed E-state index contributed by atoms with van der Waals surface area (Å²) in [6, 6.07) is 8.38. The summed E-state index contributed by atoms with van der Waals surface area (Å²) in [7, 11) is -3.03. The lowest BCUT2D eigenvalue weighted by Crippen LogP contribution is -2.34. The number of likely N-dealkylation sites (tertiary alicyclic amines) is 1. The first kappa shape index (κ1) is 16.5. The smallest absolute Gasteiger partial charge is 0.223 e. The summed E-state index contributed by atoms with van der Waals surface area (Å²) >= 11 is 0. The maximum atomic E-state index is 12.8. The van der Waals surface area contributed by atoms with Gasteiger partial charge in [-0.05, 0) is 49.1 Å². The van der Waals surface area contributed by atoms with Gasteiger partial charge >= 0.3 is 0 Å². The average molecular weight is 335 g/mol. The molecule has 1 saturated carbocycles. The van der Waals surface area contributed by atoms with Crippen LogP contribution in [0, 0.1) is 12.3 Å². The van der Waals surface area contributed by atoms with Gasteiger partial charge in [-0.1, -0.05) is 24.3 Å². The zero-order chi connectivity index (χ0) is 16.7. The van der Waals surface area contributed by atoms with E-state index in [-0.39, 0.29) is 23.1 Å². The standard InChI is InChI=1S/C18H25NO3S/c1-14-6-3-4-7-15(14)16-8-5-11-19(16)17(20)12-18(9-10-18)13-23(2,21)22/h3-4,6-7,16H,5,8-13H2,1-2H3/t16-/m0/s1. The van der Waals surface area contributed by atoms with E-state index in [1.165, 1.54) is 17.4 Å². The van der Waals surface area contributed by atoms with Crippen LogP contribution in [0.5, 0.6) is 0 Å². The lowest BCUT2D eigenvalue weighted by atomic mass is 9.98. The number of benzene rings is 1. The van der Waals surface area contributed by atoms with Crippen LogP contribution in [0.15, 0.2) is 24.3 Å². The van der Waals surface area contributed by atoms with Crippen molar-refractivity contribution in [2.75, 3.05) is 18.6 Å². The van der Waals surface area contributed by atoms with Gasteiger partial charge in [-0.15, -0.1) is 0 Å². The van der Waals surface area contributed by atoms with Crippen molar-refractivity contribution in [1.29, 1.82) is 0 Å². The molecule has 1 amide bonds. The quantitative estimate of drug-likeness (QED) is 0.831. The van der Waals surface area contributed by atoms with Crippen LogP contribution in [-0.2, 0) is 14.6 Å². The third-order valence-electron chi connectivity index (χ3n) is 5.17. The van der Waals surface area contributed by atoms with Crippen LogP contribution < -0.4 is 0 Å². The normalized spacial score (nSPS) is 23.0. The molecule has 126 valence electrons. The van der Waals surface area contributed by atoms with Gasteiger partial charge < -0.3 is 4.90 Å². The van der Waals surface area contributed by atoms with Crippen LogP contribution in [0.3, 0.4) is 0 Å². The van der Waals surface area contributed by atoms with Crippen molar-refractivity contribution in [2.24, 2.45) is 5.41 Å². The Labute approximate surface area is 138 Å². The van der Waals surface area contributed by atoms with E-state index in [9.17, 15) is 13.2 Å². The summed E-state index contributed by atoms with van der Waals surface area (Å²) in [5.74, 6) is 0.270. The molecule has 0 spiro atoms. The van der Waals surface area contributed by atoms with E-state index in [0.717, 1.165) is 32.2 Å². The number of hydrogen-bond donors (Lipinski definition) is 0. The first-order valence-electron chi connectivity index (χ1n) is 8.32. The number of nitrogens with zero attached hydrogens (tertiary/aromatic N) is 1. The lowest BCUT2D eigenvalue weighted by molar-refractivity contribution is -0.133. The molecule has 1 saturated heterocycles. The molecule has 4 nitrogen and oxygen atoms in total. The maximum absolute atomic E-state index is 12.8. The minimum absolute atomic E-state index is 0.122. The fourth-order valence-corrected chi connectivity index (χ4v) is 5.38. The van der Waals surface area contributed by atoms with Crippen molar-refractivity contribution in [3.63, 3.8) is 0 Å². The predicted octanol–water partition coefficient (Wildman–Crippen LogP) is 2.87. The van der Waals surface area contributed by atoms with Gasteiger partial charge in [0, 0.05) is 19.2 Å². The van der Waals surface area contributed by atoms with Crippen LogP contribution >= 0.6 is 0 Å². The summed E-state index contributed by atoms with van der Waals surface area (Å²) < 4.78 is 23.2. The van der Waals surface area contributed by atoms with E-state index in [4.69, 9.17) is 0 Å². The van der Waals surface area contributed by atoms with E-state index in [1.54, 1.807) is 0 Å².